The molecule has 6 heteroatoms. The summed E-state index contributed by atoms with van der Waals surface area (Å²) in [5, 5.41) is 7.43. The minimum Gasteiger partial charge on any atom is -0.493 e. The number of benzene rings is 2. The van der Waals surface area contributed by atoms with Gasteiger partial charge in [0.15, 0.2) is 11.5 Å². The third-order valence-electron chi connectivity index (χ3n) is 6.86. The topological polar surface area (TPSA) is 47.7 Å². The number of fused-ring (bicyclic) bond motifs is 4. The minimum absolute atomic E-state index is 0.209. The second kappa shape index (κ2) is 7.51. The largest absolute Gasteiger partial charge is 0.493 e. The van der Waals surface area contributed by atoms with Crippen LogP contribution in [0.2, 0.25) is 0 Å². The van der Waals surface area contributed by atoms with Crippen LogP contribution in [-0.4, -0.2) is 50.3 Å². The van der Waals surface area contributed by atoms with Crippen molar-refractivity contribution in [3.05, 3.63) is 53.6 Å². The average Bonchev–Trinajstić information content (AvgIpc) is 3.26. The third-order valence-corrected chi connectivity index (χ3v) is 6.86. The number of ether oxygens (including phenoxy) is 3. The quantitative estimate of drug-likeness (QED) is 0.845. The fraction of sp³-hybridized carbons (Fsp3) is 0.458. The van der Waals surface area contributed by atoms with Gasteiger partial charge in [-0.3, -0.25) is 0 Å². The van der Waals surface area contributed by atoms with Crippen molar-refractivity contribution in [1.82, 2.24) is 5.01 Å². The highest BCUT2D eigenvalue weighted by Gasteiger charge is 2.52. The average molecular weight is 409 g/mol. The van der Waals surface area contributed by atoms with Gasteiger partial charge in [-0.25, -0.2) is 5.01 Å². The van der Waals surface area contributed by atoms with E-state index in [0.29, 0.717) is 0 Å². The number of piperidine rings is 1. The minimum atomic E-state index is -0.351. The zero-order valence-electron chi connectivity index (χ0n) is 18.0. The summed E-state index contributed by atoms with van der Waals surface area (Å²) < 4.78 is 17.6. The molecule has 1 saturated heterocycles. The molecular formula is C24H30N3O3+. The first-order valence-electron chi connectivity index (χ1n) is 10.9. The predicted molar refractivity (Wildman–Crippen MR) is 116 cm³/mol. The summed E-state index contributed by atoms with van der Waals surface area (Å²) in [6.45, 7) is 5.65. The van der Waals surface area contributed by atoms with Gasteiger partial charge in [0, 0.05) is 17.5 Å². The lowest BCUT2D eigenvalue weighted by Gasteiger charge is -2.50. The molecule has 0 saturated carbocycles. The second-order valence-corrected chi connectivity index (χ2v) is 8.37. The molecule has 3 heterocycles. The van der Waals surface area contributed by atoms with Crippen molar-refractivity contribution >= 4 is 5.71 Å². The molecule has 0 aliphatic carbocycles. The number of nitrogens with zero attached hydrogens (tertiary/aromatic N) is 2. The van der Waals surface area contributed by atoms with Gasteiger partial charge in [-0.15, -0.1) is 0 Å². The molecule has 2 aromatic carbocycles. The van der Waals surface area contributed by atoms with Crippen molar-refractivity contribution in [3.8, 4) is 17.2 Å². The smallest absolute Gasteiger partial charge is 0.208 e. The highest BCUT2D eigenvalue weighted by molar-refractivity contribution is 6.02. The summed E-state index contributed by atoms with van der Waals surface area (Å²) in [6.07, 6.45) is 2.84. The van der Waals surface area contributed by atoms with Crippen LogP contribution >= 0.6 is 0 Å². The SMILES string of the molecule is CC[NH+]1CCC2(CC1)Oc1ccccc1[C@H]1CC(c3ccc(OC)c(OC)c3)=NN12. The first-order valence-corrected chi connectivity index (χ1v) is 10.9. The van der Waals surface area contributed by atoms with E-state index in [0.717, 1.165) is 67.4 Å². The summed E-state index contributed by atoms with van der Waals surface area (Å²) >= 11 is 0. The normalized spacial score (nSPS) is 27.2. The molecule has 3 aliphatic rings. The van der Waals surface area contributed by atoms with Gasteiger partial charge < -0.3 is 19.1 Å². The van der Waals surface area contributed by atoms with Gasteiger partial charge in [0.05, 0.1) is 58.4 Å². The molecule has 1 N–H and O–H groups in total. The van der Waals surface area contributed by atoms with Crippen LogP contribution in [0.1, 0.15) is 43.4 Å². The van der Waals surface area contributed by atoms with Gasteiger partial charge >= 0.3 is 0 Å². The van der Waals surface area contributed by atoms with E-state index in [2.05, 4.69) is 42.3 Å². The molecule has 2 aromatic rings. The molecule has 0 amide bonds. The van der Waals surface area contributed by atoms with Crippen molar-refractivity contribution in [1.29, 1.82) is 0 Å². The Bertz CT molecular complexity index is 966. The number of rotatable bonds is 4. The Hall–Kier alpha value is -2.73. The Balaban J connectivity index is 1.53. The summed E-state index contributed by atoms with van der Waals surface area (Å²) in [5.41, 5.74) is 3.03. The van der Waals surface area contributed by atoms with Crippen molar-refractivity contribution in [2.75, 3.05) is 33.9 Å². The van der Waals surface area contributed by atoms with E-state index in [1.807, 2.05) is 12.1 Å². The number of methoxy groups -OCH3 is 2. The Labute approximate surface area is 178 Å². The molecule has 1 fully saturated rings. The number of para-hydroxylation sites is 1. The zero-order valence-corrected chi connectivity index (χ0v) is 18.0. The van der Waals surface area contributed by atoms with Crippen LogP contribution in [0.5, 0.6) is 17.2 Å². The first kappa shape index (κ1) is 19.2. The number of hydrazone groups is 1. The molecule has 0 bridgehead atoms. The van der Waals surface area contributed by atoms with Gasteiger partial charge in [-0.05, 0) is 31.2 Å². The van der Waals surface area contributed by atoms with Crippen molar-refractivity contribution in [2.45, 2.75) is 38.0 Å². The van der Waals surface area contributed by atoms with Crippen LogP contribution in [0.3, 0.4) is 0 Å². The van der Waals surface area contributed by atoms with Gasteiger partial charge in [0.1, 0.15) is 5.75 Å². The molecule has 158 valence electrons. The molecular weight excluding hydrogens is 378 g/mol. The lowest BCUT2D eigenvalue weighted by molar-refractivity contribution is -0.906. The van der Waals surface area contributed by atoms with Gasteiger partial charge in [-0.1, -0.05) is 18.2 Å². The maximum absolute atomic E-state index is 6.69. The molecule has 30 heavy (non-hydrogen) atoms. The molecule has 3 aliphatic heterocycles. The number of quaternary nitrogens is 1. The van der Waals surface area contributed by atoms with E-state index < -0.39 is 0 Å². The van der Waals surface area contributed by atoms with Gasteiger partial charge in [0.2, 0.25) is 5.72 Å². The number of likely N-dealkylation sites (tertiary alicyclic amines) is 1. The fourth-order valence-corrected chi connectivity index (χ4v) is 5.10. The standard InChI is InChI=1S/C24H29N3O3/c1-4-26-13-11-24(12-14-26)27-20(18-7-5-6-8-21(18)30-24)16-19(25-27)17-9-10-22(28-2)23(15-17)29-3/h5-10,15,20H,4,11-14,16H2,1-3H3/p+1/t20-/m1/s1. The van der Waals surface area contributed by atoms with Crippen LogP contribution in [0.15, 0.2) is 47.6 Å². The summed E-state index contributed by atoms with van der Waals surface area (Å²) in [7, 11) is 3.33. The van der Waals surface area contributed by atoms with Crippen LogP contribution in [0.4, 0.5) is 0 Å². The van der Waals surface area contributed by atoms with E-state index in [-0.39, 0.29) is 11.8 Å². The second-order valence-electron chi connectivity index (χ2n) is 8.37. The van der Waals surface area contributed by atoms with Crippen LogP contribution in [0.25, 0.3) is 0 Å². The van der Waals surface area contributed by atoms with Crippen molar-refractivity contribution < 1.29 is 19.1 Å². The molecule has 5 rings (SSSR count). The van der Waals surface area contributed by atoms with Crippen LogP contribution in [-0.2, 0) is 0 Å². The Kier molecular flexibility index (Phi) is 4.82. The lowest BCUT2D eigenvalue weighted by atomic mass is 9.90. The molecule has 0 radical (unpaired) electrons. The van der Waals surface area contributed by atoms with Crippen molar-refractivity contribution in [2.24, 2.45) is 5.10 Å². The Morgan fingerprint density at radius 3 is 2.60 bits per heavy atom. The lowest BCUT2D eigenvalue weighted by Crippen LogP contribution is -3.13. The Morgan fingerprint density at radius 1 is 1.10 bits per heavy atom. The molecule has 0 aromatic heterocycles. The molecule has 1 atom stereocenters. The van der Waals surface area contributed by atoms with E-state index in [1.54, 1.807) is 19.1 Å². The summed E-state index contributed by atoms with van der Waals surface area (Å²) in [4.78, 5) is 1.64. The molecule has 1 spiro atoms. The first-order chi connectivity index (χ1) is 14.7. The highest BCUT2D eigenvalue weighted by atomic mass is 16.5. The highest BCUT2D eigenvalue weighted by Crippen LogP contribution is 2.49. The third kappa shape index (κ3) is 3.01. The molecule has 0 unspecified atom stereocenters. The fourth-order valence-electron chi connectivity index (χ4n) is 5.10. The van der Waals surface area contributed by atoms with E-state index in [9.17, 15) is 0 Å². The maximum atomic E-state index is 6.69. The van der Waals surface area contributed by atoms with E-state index in [1.165, 1.54) is 5.56 Å². The van der Waals surface area contributed by atoms with Crippen molar-refractivity contribution in [3.63, 3.8) is 0 Å². The van der Waals surface area contributed by atoms with E-state index >= 15 is 0 Å². The predicted octanol–water partition coefficient (Wildman–Crippen LogP) is 2.64. The van der Waals surface area contributed by atoms with Gasteiger partial charge in [-0.2, -0.15) is 5.10 Å². The summed E-state index contributed by atoms with van der Waals surface area (Å²) in [6, 6.07) is 14.7. The summed E-state index contributed by atoms with van der Waals surface area (Å²) in [5.74, 6) is 2.48. The van der Waals surface area contributed by atoms with Crippen LogP contribution < -0.4 is 19.1 Å². The Morgan fingerprint density at radius 2 is 1.87 bits per heavy atom. The number of hydrogen-bond donors (Lipinski definition) is 1. The number of hydrogen-bond acceptors (Lipinski definition) is 5. The van der Waals surface area contributed by atoms with E-state index in [4.69, 9.17) is 19.3 Å². The monoisotopic (exact) mass is 408 g/mol. The maximum Gasteiger partial charge on any atom is 0.208 e. The zero-order chi connectivity index (χ0) is 20.7. The van der Waals surface area contributed by atoms with Crippen LogP contribution in [0, 0.1) is 0 Å². The molecule has 6 nitrogen and oxygen atoms in total. The number of nitrogens with one attached hydrogen (secondary N) is 1. The van der Waals surface area contributed by atoms with Gasteiger partial charge in [0.25, 0.3) is 0 Å².